The van der Waals surface area contributed by atoms with Crippen molar-refractivity contribution in [3.8, 4) is 5.75 Å². The van der Waals surface area contributed by atoms with Crippen LogP contribution in [-0.2, 0) is 0 Å². The molecule has 1 aromatic rings. The van der Waals surface area contributed by atoms with Crippen LogP contribution in [0.15, 0.2) is 28.8 Å². The van der Waals surface area contributed by atoms with Gasteiger partial charge in [0.05, 0.1) is 16.9 Å². The van der Waals surface area contributed by atoms with Crippen molar-refractivity contribution in [1.82, 2.24) is 4.90 Å². The van der Waals surface area contributed by atoms with Gasteiger partial charge in [-0.1, -0.05) is 11.6 Å². The maximum Gasteiger partial charge on any atom is 0.172 e. The van der Waals surface area contributed by atoms with E-state index in [0.717, 1.165) is 24.9 Å². The van der Waals surface area contributed by atoms with Gasteiger partial charge in [-0.25, -0.2) is 0 Å². The fraction of sp³-hybridized carbons (Fsp3) is 0.471. The summed E-state index contributed by atoms with van der Waals surface area (Å²) in [4.78, 5) is 16.6. The number of aryl methyl sites for hydroxylation is 1. The SMILES string of the molecule is CC1=C(C)N2CCCC(C(=O)c3cc(C)ccc3O)C2S1. The summed E-state index contributed by atoms with van der Waals surface area (Å²) in [6.45, 7) is 7.25. The van der Waals surface area contributed by atoms with Crippen LogP contribution in [0.3, 0.4) is 0 Å². The monoisotopic (exact) mass is 303 g/mol. The zero-order chi connectivity index (χ0) is 15.1. The molecule has 21 heavy (non-hydrogen) atoms. The molecule has 0 spiro atoms. The number of phenols is 1. The van der Waals surface area contributed by atoms with E-state index >= 15 is 0 Å². The van der Waals surface area contributed by atoms with Gasteiger partial charge in [0, 0.05) is 17.1 Å². The molecule has 3 nitrogen and oxygen atoms in total. The lowest BCUT2D eigenvalue weighted by atomic mass is 9.88. The second kappa shape index (κ2) is 5.41. The molecule has 3 rings (SSSR count). The summed E-state index contributed by atoms with van der Waals surface area (Å²) in [5.74, 6) is 0.150. The first-order valence-electron chi connectivity index (χ1n) is 7.43. The number of rotatable bonds is 2. The molecular formula is C17H21NO2S. The first-order valence-corrected chi connectivity index (χ1v) is 8.31. The Balaban J connectivity index is 1.90. The number of fused-ring (bicyclic) bond motifs is 1. The van der Waals surface area contributed by atoms with Crippen molar-refractivity contribution in [2.24, 2.45) is 5.92 Å². The average Bonchev–Trinajstić information content (AvgIpc) is 2.76. The number of hydrogen-bond donors (Lipinski definition) is 1. The highest BCUT2D eigenvalue weighted by Crippen LogP contribution is 2.46. The average molecular weight is 303 g/mol. The van der Waals surface area contributed by atoms with Crippen LogP contribution in [0.2, 0.25) is 0 Å². The van der Waals surface area contributed by atoms with Crippen molar-refractivity contribution in [3.63, 3.8) is 0 Å². The molecule has 0 saturated carbocycles. The quantitative estimate of drug-likeness (QED) is 0.841. The number of carbonyl (C=O) groups is 1. The molecule has 2 heterocycles. The number of hydrogen-bond acceptors (Lipinski definition) is 4. The second-order valence-electron chi connectivity index (χ2n) is 5.98. The fourth-order valence-electron chi connectivity index (χ4n) is 3.25. The molecule has 112 valence electrons. The minimum atomic E-state index is -0.0381. The fourth-order valence-corrected chi connectivity index (χ4v) is 4.71. The van der Waals surface area contributed by atoms with Crippen molar-refractivity contribution in [1.29, 1.82) is 0 Å². The lowest BCUT2D eigenvalue weighted by molar-refractivity contribution is 0.0825. The first-order chi connectivity index (χ1) is 9.99. The third-order valence-electron chi connectivity index (χ3n) is 4.56. The van der Waals surface area contributed by atoms with Crippen LogP contribution in [0.25, 0.3) is 0 Å². The molecule has 0 aliphatic carbocycles. The van der Waals surface area contributed by atoms with Gasteiger partial charge in [-0.05, 0) is 45.7 Å². The Labute approximate surface area is 130 Å². The Morgan fingerprint density at radius 2 is 2.10 bits per heavy atom. The normalized spacial score (nSPS) is 25.2. The highest BCUT2D eigenvalue weighted by molar-refractivity contribution is 8.03. The van der Waals surface area contributed by atoms with Crippen LogP contribution in [0.5, 0.6) is 5.75 Å². The van der Waals surface area contributed by atoms with Crippen LogP contribution < -0.4 is 0 Å². The largest absolute Gasteiger partial charge is 0.507 e. The first kappa shape index (κ1) is 14.5. The van der Waals surface area contributed by atoms with Crippen molar-refractivity contribution < 1.29 is 9.90 Å². The number of benzene rings is 1. The molecule has 0 aromatic heterocycles. The molecule has 2 aliphatic heterocycles. The summed E-state index contributed by atoms with van der Waals surface area (Å²) in [7, 11) is 0. The summed E-state index contributed by atoms with van der Waals surface area (Å²) in [6, 6.07) is 5.27. The molecule has 0 amide bonds. The van der Waals surface area contributed by atoms with Gasteiger partial charge in [0.1, 0.15) is 5.75 Å². The van der Waals surface area contributed by atoms with Crippen LogP contribution in [0.1, 0.15) is 42.6 Å². The summed E-state index contributed by atoms with van der Waals surface area (Å²) < 4.78 is 0. The number of carbonyl (C=O) groups excluding carboxylic acids is 1. The lowest BCUT2D eigenvalue weighted by Gasteiger charge is -2.37. The summed E-state index contributed by atoms with van der Waals surface area (Å²) in [6.07, 6.45) is 1.94. The van der Waals surface area contributed by atoms with E-state index in [-0.39, 0.29) is 22.8 Å². The summed E-state index contributed by atoms with van der Waals surface area (Å²) >= 11 is 1.80. The van der Waals surface area contributed by atoms with Gasteiger partial charge in [-0.2, -0.15) is 0 Å². The topological polar surface area (TPSA) is 40.5 Å². The standard InChI is InChI=1S/C17H21NO2S/c1-10-6-7-15(19)14(9-10)16(20)13-5-4-8-18-11(2)12(3)21-17(13)18/h6-7,9,13,17,19H,4-5,8H2,1-3H3. The Morgan fingerprint density at radius 3 is 2.86 bits per heavy atom. The van der Waals surface area contributed by atoms with Gasteiger partial charge in [-0.3, -0.25) is 4.79 Å². The predicted molar refractivity (Wildman–Crippen MR) is 86.4 cm³/mol. The van der Waals surface area contributed by atoms with E-state index in [1.807, 2.05) is 19.1 Å². The number of ketones is 1. The second-order valence-corrected chi connectivity index (χ2v) is 7.31. The molecule has 0 bridgehead atoms. The third kappa shape index (κ3) is 2.46. The highest BCUT2D eigenvalue weighted by Gasteiger charge is 2.41. The van der Waals surface area contributed by atoms with E-state index in [1.54, 1.807) is 17.8 Å². The molecule has 4 heteroatoms. The summed E-state index contributed by atoms with van der Waals surface area (Å²) in [5.41, 5.74) is 2.79. The molecule has 1 saturated heterocycles. The van der Waals surface area contributed by atoms with E-state index in [1.165, 1.54) is 10.6 Å². The molecule has 1 fully saturated rings. The molecule has 0 radical (unpaired) electrons. The van der Waals surface area contributed by atoms with E-state index in [2.05, 4.69) is 18.7 Å². The number of piperidine rings is 1. The number of phenolic OH excluding ortho intramolecular Hbond substituents is 1. The van der Waals surface area contributed by atoms with Gasteiger partial charge < -0.3 is 10.0 Å². The molecule has 1 aromatic carbocycles. The van der Waals surface area contributed by atoms with Gasteiger partial charge in [0.2, 0.25) is 0 Å². The Kier molecular flexibility index (Phi) is 3.74. The minimum Gasteiger partial charge on any atom is -0.507 e. The van der Waals surface area contributed by atoms with Crippen molar-refractivity contribution in [2.45, 2.75) is 39.0 Å². The maximum atomic E-state index is 12.9. The Bertz CT molecular complexity index is 623. The molecule has 2 unspecified atom stereocenters. The zero-order valence-electron chi connectivity index (χ0n) is 12.7. The number of allylic oxidation sites excluding steroid dienone is 2. The van der Waals surface area contributed by atoms with Gasteiger partial charge in [-0.15, -0.1) is 11.8 Å². The highest BCUT2D eigenvalue weighted by atomic mass is 32.2. The van der Waals surface area contributed by atoms with Gasteiger partial charge in [0.25, 0.3) is 0 Å². The number of aromatic hydroxyl groups is 1. The van der Waals surface area contributed by atoms with Crippen molar-refractivity contribution in [3.05, 3.63) is 39.9 Å². The Hall–Kier alpha value is -1.42. The molecule has 2 aliphatic rings. The Morgan fingerprint density at radius 1 is 1.33 bits per heavy atom. The smallest absolute Gasteiger partial charge is 0.172 e. The van der Waals surface area contributed by atoms with Crippen molar-refractivity contribution >= 4 is 17.5 Å². The summed E-state index contributed by atoms with van der Waals surface area (Å²) in [5, 5.41) is 10.2. The molecular weight excluding hydrogens is 282 g/mol. The number of Topliss-reactive ketones (excluding diaryl/α,β-unsaturated/α-hetero) is 1. The van der Waals surface area contributed by atoms with Crippen LogP contribution in [0.4, 0.5) is 0 Å². The van der Waals surface area contributed by atoms with E-state index < -0.39 is 0 Å². The number of nitrogens with zero attached hydrogens (tertiary/aromatic N) is 1. The third-order valence-corrected chi connectivity index (χ3v) is 6.03. The van der Waals surface area contributed by atoms with Crippen LogP contribution in [0, 0.1) is 12.8 Å². The van der Waals surface area contributed by atoms with Gasteiger partial charge in [0.15, 0.2) is 5.78 Å². The number of thioether (sulfide) groups is 1. The van der Waals surface area contributed by atoms with E-state index in [9.17, 15) is 9.90 Å². The van der Waals surface area contributed by atoms with E-state index in [0.29, 0.717) is 5.56 Å². The van der Waals surface area contributed by atoms with E-state index in [4.69, 9.17) is 0 Å². The predicted octanol–water partition coefficient (Wildman–Crippen LogP) is 3.92. The zero-order valence-corrected chi connectivity index (χ0v) is 13.5. The van der Waals surface area contributed by atoms with Crippen molar-refractivity contribution in [2.75, 3.05) is 6.54 Å². The maximum absolute atomic E-state index is 12.9. The molecule has 2 atom stereocenters. The minimum absolute atomic E-state index is 0.0381. The van der Waals surface area contributed by atoms with Crippen LogP contribution in [-0.4, -0.2) is 27.7 Å². The van der Waals surface area contributed by atoms with Crippen LogP contribution >= 0.6 is 11.8 Å². The van der Waals surface area contributed by atoms with Gasteiger partial charge >= 0.3 is 0 Å². The molecule has 1 N–H and O–H groups in total. The lowest BCUT2D eigenvalue weighted by Crippen LogP contribution is -2.42.